The lowest BCUT2D eigenvalue weighted by atomic mass is 9.82. The molecule has 1 saturated heterocycles. The summed E-state index contributed by atoms with van der Waals surface area (Å²) in [5.41, 5.74) is 1.45. The Labute approximate surface area is 143 Å². The van der Waals surface area contributed by atoms with Crippen LogP contribution in [0.3, 0.4) is 0 Å². The average Bonchev–Trinajstić information content (AvgIpc) is 2.54. The van der Waals surface area contributed by atoms with Gasteiger partial charge in [-0.1, -0.05) is 72.2 Å². The van der Waals surface area contributed by atoms with Gasteiger partial charge in [-0.2, -0.15) is 0 Å². The standard InChI is InChI=1S/C19H27IO/c20-17-13-18(12-11-15-7-3-1-4-8-15)21-19(14-17)16-9-5-2-6-10-16/h1,3-4,7-8,16-19H,2,5-6,9-14H2/t17-,18-,19-/m0/s1. The molecular formula is C19H27IO. The first-order valence-corrected chi connectivity index (χ1v) is 9.89. The molecule has 0 bridgehead atoms. The Kier molecular flexibility index (Phi) is 5.98. The molecule has 1 heterocycles. The second-order valence-corrected chi connectivity index (χ2v) is 8.55. The summed E-state index contributed by atoms with van der Waals surface area (Å²) < 4.78 is 7.32. The first-order valence-electron chi connectivity index (χ1n) is 8.64. The summed E-state index contributed by atoms with van der Waals surface area (Å²) in [6, 6.07) is 10.9. The molecular weight excluding hydrogens is 371 g/mol. The minimum Gasteiger partial charge on any atom is -0.375 e. The van der Waals surface area contributed by atoms with Crippen molar-refractivity contribution < 1.29 is 4.74 Å². The van der Waals surface area contributed by atoms with Crippen molar-refractivity contribution in [2.75, 3.05) is 0 Å². The lowest BCUT2D eigenvalue weighted by Gasteiger charge is -2.39. The predicted octanol–water partition coefficient (Wildman–Crippen LogP) is 5.55. The second-order valence-electron chi connectivity index (χ2n) is 6.79. The normalized spacial score (nSPS) is 31.2. The van der Waals surface area contributed by atoms with Crippen molar-refractivity contribution >= 4 is 22.6 Å². The van der Waals surface area contributed by atoms with E-state index in [0.717, 1.165) is 16.3 Å². The van der Waals surface area contributed by atoms with Crippen LogP contribution in [0.4, 0.5) is 0 Å². The molecule has 1 nitrogen and oxygen atoms in total. The number of hydrogen-bond acceptors (Lipinski definition) is 1. The van der Waals surface area contributed by atoms with Gasteiger partial charge in [-0.05, 0) is 50.0 Å². The van der Waals surface area contributed by atoms with Gasteiger partial charge in [-0.15, -0.1) is 0 Å². The summed E-state index contributed by atoms with van der Waals surface area (Å²) >= 11 is 2.66. The molecule has 3 rings (SSSR count). The Morgan fingerprint density at radius 1 is 1.00 bits per heavy atom. The van der Waals surface area contributed by atoms with E-state index < -0.39 is 0 Å². The summed E-state index contributed by atoms with van der Waals surface area (Å²) in [6.07, 6.45) is 13.0. The van der Waals surface area contributed by atoms with Crippen LogP contribution in [0.1, 0.15) is 56.9 Å². The summed E-state index contributed by atoms with van der Waals surface area (Å²) in [6.45, 7) is 0. The van der Waals surface area contributed by atoms with Crippen molar-refractivity contribution in [2.45, 2.75) is 73.9 Å². The SMILES string of the molecule is I[C@H]1C[C@H](CCc2ccccc2)O[C@H](C2CCCCC2)C1. The van der Waals surface area contributed by atoms with Gasteiger partial charge >= 0.3 is 0 Å². The van der Waals surface area contributed by atoms with E-state index in [1.165, 1.54) is 56.9 Å². The maximum absolute atomic E-state index is 6.51. The minimum atomic E-state index is 0.479. The van der Waals surface area contributed by atoms with Crippen molar-refractivity contribution in [1.29, 1.82) is 0 Å². The van der Waals surface area contributed by atoms with E-state index in [0.29, 0.717) is 12.2 Å². The van der Waals surface area contributed by atoms with E-state index in [-0.39, 0.29) is 0 Å². The third kappa shape index (κ3) is 4.69. The van der Waals surface area contributed by atoms with Crippen LogP contribution in [0.25, 0.3) is 0 Å². The highest BCUT2D eigenvalue weighted by Gasteiger charge is 2.33. The molecule has 0 N–H and O–H groups in total. The first-order chi connectivity index (χ1) is 10.3. The Bertz CT molecular complexity index is 413. The molecule has 1 aromatic carbocycles. The fraction of sp³-hybridized carbons (Fsp3) is 0.684. The van der Waals surface area contributed by atoms with Crippen LogP contribution in [0, 0.1) is 5.92 Å². The zero-order valence-electron chi connectivity index (χ0n) is 12.8. The van der Waals surface area contributed by atoms with Crippen molar-refractivity contribution in [3.8, 4) is 0 Å². The number of aryl methyl sites for hydroxylation is 1. The van der Waals surface area contributed by atoms with Gasteiger partial charge in [0.15, 0.2) is 0 Å². The maximum atomic E-state index is 6.51. The Hall–Kier alpha value is -0.0900. The lowest BCUT2D eigenvalue weighted by Crippen LogP contribution is -2.38. The number of alkyl halides is 1. The monoisotopic (exact) mass is 398 g/mol. The number of rotatable bonds is 4. The molecule has 0 aromatic heterocycles. The smallest absolute Gasteiger partial charge is 0.0617 e. The highest BCUT2D eigenvalue weighted by molar-refractivity contribution is 14.1. The molecule has 1 saturated carbocycles. The summed E-state index contributed by atoms with van der Waals surface area (Å²) in [5, 5.41) is 0. The van der Waals surface area contributed by atoms with Gasteiger partial charge in [0.25, 0.3) is 0 Å². The zero-order chi connectivity index (χ0) is 14.5. The Balaban J connectivity index is 1.53. The van der Waals surface area contributed by atoms with Gasteiger partial charge in [-0.25, -0.2) is 0 Å². The van der Waals surface area contributed by atoms with E-state index in [1.54, 1.807) is 0 Å². The molecule has 116 valence electrons. The van der Waals surface area contributed by atoms with Gasteiger partial charge in [0.1, 0.15) is 0 Å². The molecule has 1 aromatic rings. The van der Waals surface area contributed by atoms with Crippen LogP contribution < -0.4 is 0 Å². The van der Waals surface area contributed by atoms with E-state index in [9.17, 15) is 0 Å². The molecule has 21 heavy (non-hydrogen) atoms. The van der Waals surface area contributed by atoms with E-state index in [2.05, 4.69) is 52.9 Å². The minimum absolute atomic E-state index is 0.479. The van der Waals surface area contributed by atoms with Crippen LogP contribution in [-0.4, -0.2) is 16.1 Å². The second kappa shape index (κ2) is 7.96. The fourth-order valence-electron chi connectivity index (χ4n) is 3.96. The summed E-state index contributed by atoms with van der Waals surface area (Å²) in [4.78, 5) is 0. The number of hydrogen-bond donors (Lipinski definition) is 0. The lowest BCUT2D eigenvalue weighted by molar-refractivity contribution is -0.0821. The van der Waals surface area contributed by atoms with Gasteiger partial charge in [-0.3, -0.25) is 0 Å². The molecule has 0 amide bonds. The average molecular weight is 398 g/mol. The molecule has 2 fully saturated rings. The third-order valence-corrected chi connectivity index (χ3v) is 6.16. The summed E-state index contributed by atoms with van der Waals surface area (Å²) in [7, 11) is 0. The third-order valence-electron chi connectivity index (χ3n) is 5.15. The highest BCUT2D eigenvalue weighted by atomic mass is 127. The molecule has 2 heteroatoms. The molecule has 0 unspecified atom stereocenters. The van der Waals surface area contributed by atoms with Crippen molar-refractivity contribution in [2.24, 2.45) is 5.92 Å². The maximum Gasteiger partial charge on any atom is 0.0617 e. The van der Waals surface area contributed by atoms with E-state index >= 15 is 0 Å². The van der Waals surface area contributed by atoms with Crippen LogP contribution in [-0.2, 0) is 11.2 Å². The van der Waals surface area contributed by atoms with Gasteiger partial charge < -0.3 is 4.74 Å². The van der Waals surface area contributed by atoms with Gasteiger partial charge in [0.05, 0.1) is 12.2 Å². The molecule has 1 aliphatic heterocycles. The number of benzene rings is 1. The number of ether oxygens (including phenoxy) is 1. The topological polar surface area (TPSA) is 9.23 Å². The highest BCUT2D eigenvalue weighted by Crippen LogP contribution is 2.37. The van der Waals surface area contributed by atoms with Crippen molar-refractivity contribution in [3.05, 3.63) is 35.9 Å². The fourth-order valence-corrected chi connectivity index (χ4v) is 5.03. The quantitative estimate of drug-likeness (QED) is 0.477. The van der Waals surface area contributed by atoms with Crippen molar-refractivity contribution in [3.63, 3.8) is 0 Å². The van der Waals surface area contributed by atoms with Gasteiger partial charge in [0, 0.05) is 3.92 Å². The molecule has 1 aliphatic carbocycles. The van der Waals surface area contributed by atoms with Crippen LogP contribution in [0.5, 0.6) is 0 Å². The molecule has 3 atom stereocenters. The Morgan fingerprint density at radius 2 is 1.76 bits per heavy atom. The number of halogens is 1. The molecule has 0 radical (unpaired) electrons. The molecule has 0 spiro atoms. The first kappa shape index (κ1) is 15.8. The van der Waals surface area contributed by atoms with Gasteiger partial charge in [0.2, 0.25) is 0 Å². The van der Waals surface area contributed by atoms with Crippen LogP contribution in [0.2, 0.25) is 0 Å². The van der Waals surface area contributed by atoms with Crippen molar-refractivity contribution in [1.82, 2.24) is 0 Å². The zero-order valence-corrected chi connectivity index (χ0v) is 15.0. The Morgan fingerprint density at radius 3 is 2.52 bits per heavy atom. The van der Waals surface area contributed by atoms with Crippen LogP contribution >= 0.6 is 22.6 Å². The largest absolute Gasteiger partial charge is 0.375 e. The summed E-state index contributed by atoms with van der Waals surface area (Å²) in [5.74, 6) is 0.843. The van der Waals surface area contributed by atoms with E-state index in [4.69, 9.17) is 4.74 Å². The van der Waals surface area contributed by atoms with Crippen LogP contribution in [0.15, 0.2) is 30.3 Å². The molecule has 2 aliphatic rings. The predicted molar refractivity (Wildman–Crippen MR) is 97.0 cm³/mol. The van der Waals surface area contributed by atoms with E-state index in [1.807, 2.05) is 0 Å².